The summed E-state index contributed by atoms with van der Waals surface area (Å²) in [5.41, 5.74) is 1.59. The predicted octanol–water partition coefficient (Wildman–Crippen LogP) is 4.12. The molecule has 7 heteroatoms. The molecule has 0 spiro atoms. The Hall–Kier alpha value is -4.26. The minimum absolute atomic E-state index is 0.0428. The molecule has 0 atom stereocenters. The van der Waals surface area contributed by atoms with Gasteiger partial charge in [-0.15, -0.1) is 0 Å². The van der Waals surface area contributed by atoms with Gasteiger partial charge in [0.2, 0.25) is 0 Å². The molecule has 3 rings (SSSR count). The third-order valence-electron chi connectivity index (χ3n) is 4.61. The second-order valence-electron chi connectivity index (χ2n) is 6.64. The van der Waals surface area contributed by atoms with E-state index in [0.29, 0.717) is 34.1 Å². The van der Waals surface area contributed by atoms with Crippen LogP contribution in [0.4, 0.5) is 5.69 Å². The normalized spacial score (nSPS) is 10.8. The molecular formula is C25H24N2O5. The van der Waals surface area contributed by atoms with Crippen molar-refractivity contribution in [3.8, 4) is 17.2 Å². The van der Waals surface area contributed by atoms with Crippen LogP contribution in [0.5, 0.6) is 17.2 Å². The number of anilines is 1. The van der Waals surface area contributed by atoms with Crippen LogP contribution in [0.15, 0.2) is 78.5 Å². The fourth-order valence-electron chi connectivity index (χ4n) is 3.00. The summed E-state index contributed by atoms with van der Waals surface area (Å²) in [5.74, 6) is 0.703. The lowest BCUT2D eigenvalue weighted by Crippen LogP contribution is -2.30. The number of methoxy groups -OCH3 is 3. The summed E-state index contributed by atoms with van der Waals surface area (Å²) in [7, 11) is 4.60. The molecule has 0 unspecified atom stereocenters. The lowest BCUT2D eigenvalue weighted by molar-refractivity contribution is -0.113. The van der Waals surface area contributed by atoms with E-state index in [2.05, 4.69) is 10.6 Å². The summed E-state index contributed by atoms with van der Waals surface area (Å²) in [6.45, 7) is 0. The van der Waals surface area contributed by atoms with Crippen molar-refractivity contribution in [2.24, 2.45) is 0 Å². The van der Waals surface area contributed by atoms with E-state index in [4.69, 9.17) is 14.2 Å². The van der Waals surface area contributed by atoms with Gasteiger partial charge in [-0.2, -0.15) is 0 Å². The highest BCUT2D eigenvalue weighted by atomic mass is 16.5. The Morgan fingerprint density at radius 3 is 2.12 bits per heavy atom. The Morgan fingerprint density at radius 1 is 0.781 bits per heavy atom. The van der Waals surface area contributed by atoms with E-state index < -0.39 is 11.8 Å². The molecule has 2 amide bonds. The van der Waals surface area contributed by atoms with Gasteiger partial charge in [-0.3, -0.25) is 9.59 Å². The van der Waals surface area contributed by atoms with Crippen molar-refractivity contribution in [1.29, 1.82) is 0 Å². The fraction of sp³-hybridized carbons (Fsp3) is 0.120. The second kappa shape index (κ2) is 10.7. The molecule has 0 fully saturated rings. The van der Waals surface area contributed by atoms with Crippen LogP contribution in [-0.4, -0.2) is 33.1 Å². The van der Waals surface area contributed by atoms with Crippen molar-refractivity contribution in [2.45, 2.75) is 0 Å². The fourth-order valence-corrected chi connectivity index (χ4v) is 3.00. The lowest BCUT2D eigenvalue weighted by Gasteiger charge is -2.14. The van der Waals surface area contributed by atoms with Crippen molar-refractivity contribution >= 4 is 23.6 Å². The van der Waals surface area contributed by atoms with Crippen LogP contribution < -0.4 is 24.8 Å². The molecular weight excluding hydrogens is 408 g/mol. The van der Waals surface area contributed by atoms with Gasteiger partial charge in [-0.05, 0) is 48.5 Å². The van der Waals surface area contributed by atoms with Crippen LogP contribution in [0, 0.1) is 0 Å². The van der Waals surface area contributed by atoms with E-state index in [0.717, 1.165) is 0 Å². The molecule has 32 heavy (non-hydrogen) atoms. The van der Waals surface area contributed by atoms with Gasteiger partial charge < -0.3 is 24.8 Å². The highest BCUT2D eigenvalue weighted by Crippen LogP contribution is 2.32. The topological polar surface area (TPSA) is 85.9 Å². The van der Waals surface area contributed by atoms with E-state index in [1.807, 2.05) is 6.07 Å². The zero-order valence-corrected chi connectivity index (χ0v) is 18.0. The first-order chi connectivity index (χ1) is 15.5. The Morgan fingerprint density at radius 2 is 1.50 bits per heavy atom. The van der Waals surface area contributed by atoms with E-state index in [1.165, 1.54) is 14.2 Å². The van der Waals surface area contributed by atoms with Crippen molar-refractivity contribution < 1.29 is 23.8 Å². The summed E-state index contributed by atoms with van der Waals surface area (Å²) in [5, 5.41) is 5.49. The average Bonchev–Trinajstić information content (AvgIpc) is 2.84. The quantitative estimate of drug-likeness (QED) is 0.523. The highest BCUT2D eigenvalue weighted by Gasteiger charge is 2.17. The van der Waals surface area contributed by atoms with Crippen molar-refractivity contribution in [2.75, 3.05) is 26.6 Å². The first kappa shape index (κ1) is 22.4. The lowest BCUT2D eigenvalue weighted by atomic mass is 10.1. The number of rotatable bonds is 8. The van der Waals surface area contributed by atoms with Crippen molar-refractivity contribution in [3.05, 3.63) is 89.6 Å². The van der Waals surface area contributed by atoms with Gasteiger partial charge in [-0.25, -0.2) is 0 Å². The SMILES string of the molecule is COc1ccc(NC(=O)C(=Cc2cccc(OC)c2OC)NC(=O)c2ccccc2)cc1. The maximum absolute atomic E-state index is 13.1. The first-order valence-corrected chi connectivity index (χ1v) is 9.80. The van der Waals surface area contributed by atoms with Gasteiger partial charge in [0.15, 0.2) is 11.5 Å². The summed E-state index contributed by atoms with van der Waals surface area (Å²) in [6.07, 6.45) is 1.54. The summed E-state index contributed by atoms with van der Waals surface area (Å²) in [4.78, 5) is 25.9. The number of nitrogens with one attached hydrogen (secondary N) is 2. The number of amides is 2. The monoisotopic (exact) mass is 432 g/mol. The minimum Gasteiger partial charge on any atom is -0.497 e. The molecule has 0 bridgehead atoms. The molecule has 0 saturated carbocycles. The zero-order valence-electron chi connectivity index (χ0n) is 18.0. The van der Waals surface area contributed by atoms with Crippen LogP contribution in [0.3, 0.4) is 0 Å². The molecule has 0 heterocycles. The van der Waals surface area contributed by atoms with Gasteiger partial charge in [0.1, 0.15) is 11.4 Å². The number of carbonyl (C=O) groups excluding carboxylic acids is 2. The van der Waals surface area contributed by atoms with Gasteiger partial charge in [0.25, 0.3) is 11.8 Å². The minimum atomic E-state index is -0.496. The molecule has 2 N–H and O–H groups in total. The van der Waals surface area contributed by atoms with Gasteiger partial charge >= 0.3 is 0 Å². The molecule has 0 saturated heterocycles. The Bertz CT molecular complexity index is 1110. The van der Waals surface area contributed by atoms with Crippen LogP contribution in [0.1, 0.15) is 15.9 Å². The van der Waals surface area contributed by atoms with Crippen molar-refractivity contribution in [3.63, 3.8) is 0 Å². The van der Waals surface area contributed by atoms with E-state index in [1.54, 1.807) is 79.9 Å². The molecule has 7 nitrogen and oxygen atoms in total. The van der Waals surface area contributed by atoms with E-state index in [9.17, 15) is 9.59 Å². The molecule has 3 aromatic carbocycles. The summed E-state index contributed by atoms with van der Waals surface area (Å²) >= 11 is 0. The van der Waals surface area contributed by atoms with Gasteiger partial charge in [-0.1, -0.05) is 30.3 Å². The second-order valence-corrected chi connectivity index (χ2v) is 6.64. The standard InChI is InChI=1S/C25H24N2O5/c1-30-20-14-12-19(13-15-20)26-25(29)21(27-24(28)17-8-5-4-6-9-17)16-18-10-7-11-22(31-2)23(18)32-3/h4-16H,1-3H3,(H,26,29)(H,27,28). The number of carbonyl (C=O) groups is 2. The Labute approximate surface area is 186 Å². The highest BCUT2D eigenvalue weighted by molar-refractivity contribution is 6.10. The number of hydrogen-bond acceptors (Lipinski definition) is 5. The molecule has 0 aliphatic rings. The molecule has 164 valence electrons. The largest absolute Gasteiger partial charge is 0.497 e. The smallest absolute Gasteiger partial charge is 0.272 e. The Balaban J connectivity index is 1.96. The third-order valence-corrected chi connectivity index (χ3v) is 4.61. The van der Waals surface area contributed by atoms with Gasteiger partial charge in [0, 0.05) is 16.8 Å². The Kier molecular flexibility index (Phi) is 7.48. The number of benzene rings is 3. The summed E-state index contributed by atoms with van der Waals surface area (Å²) < 4.78 is 15.9. The molecule has 0 radical (unpaired) electrons. The summed E-state index contributed by atoms with van der Waals surface area (Å²) in [6, 6.07) is 20.8. The van der Waals surface area contributed by atoms with Crippen LogP contribution >= 0.6 is 0 Å². The number of para-hydroxylation sites is 1. The van der Waals surface area contributed by atoms with Gasteiger partial charge in [0.05, 0.1) is 21.3 Å². The molecule has 0 aliphatic heterocycles. The zero-order chi connectivity index (χ0) is 22.9. The molecule has 3 aromatic rings. The molecule has 0 aromatic heterocycles. The van der Waals surface area contributed by atoms with Crippen molar-refractivity contribution in [1.82, 2.24) is 5.32 Å². The van der Waals surface area contributed by atoms with Crippen LogP contribution in [0.25, 0.3) is 6.08 Å². The maximum atomic E-state index is 13.1. The first-order valence-electron chi connectivity index (χ1n) is 9.80. The average molecular weight is 432 g/mol. The van der Waals surface area contributed by atoms with Crippen LogP contribution in [-0.2, 0) is 4.79 Å². The van der Waals surface area contributed by atoms with E-state index >= 15 is 0 Å². The number of ether oxygens (including phenoxy) is 3. The maximum Gasteiger partial charge on any atom is 0.272 e. The van der Waals surface area contributed by atoms with Crippen LogP contribution in [0.2, 0.25) is 0 Å². The number of hydrogen-bond donors (Lipinski definition) is 2. The molecule has 0 aliphatic carbocycles. The van der Waals surface area contributed by atoms with E-state index in [-0.39, 0.29) is 5.70 Å². The third kappa shape index (κ3) is 5.46. The predicted molar refractivity (Wildman–Crippen MR) is 123 cm³/mol.